The van der Waals surface area contributed by atoms with Crippen LogP contribution in [0.3, 0.4) is 0 Å². The normalized spacial score (nSPS) is 13.2. The van der Waals surface area contributed by atoms with Gasteiger partial charge in [-0.3, -0.25) is 9.31 Å². The third-order valence-electron chi connectivity index (χ3n) is 1.09. The molecule has 3 N–H and O–H groups in total. The second kappa shape index (κ2) is 3.47. The van der Waals surface area contributed by atoms with Gasteiger partial charge in [0, 0.05) is 5.75 Å². The molecule has 1 atom stereocenters. The summed E-state index contributed by atoms with van der Waals surface area (Å²) in [6, 6.07) is 0. The van der Waals surface area contributed by atoms with Gasteiger partial charge in [-0.25, -0.2) is 0 Å². The number of hydrogen-bond acceptors (Lipinski definition) is 4. The number of anilines is 1. The van der Waals surface area contributed by atoms with E-state index in [0.29, 0.717) is 10.9 Å². The number of hydrogen-bond donors (Lipinski definition) is 2. The molecule has 0 aliphatic heterocycles. The summed E-state index contributed by atoms with van der Waals surface area (Å²) in [7, 11) is -1.07. The van der Waals surface area contributed by atoms with Crippen molar-refractivity contribution in [2.24, 2.45) is 0 Å². The molecule has 0 aromatic carbocycles. The zero-order chi connectivity index (χ0) is 8.27. The van der Waals surface area contributed by atoms with E-state index in [1.54, 1.807) is 0 Å². The summed E-state index contributed by atoms with van der Waals surface area (Å²) in [5, 5.41) is 6.44. The highest BCUT2D eigenvalue weighted by Crippen LogP contribution is 2.00. The second-order valence-electron chi connectivity index (χ2n) is 2.05. The first-order chi connectivity index (χ1) is 5.24. The van der Waals surface area contributed by atoms with Crippen LogP contribution < -0.4 is 5.73 Å². The predicted molar refractivity (Wildman–Crippen MR) is 42.4 cm³/mol. The summed E-state index contributed by atoms with van der Waals surface area (Å²) in [4.78, 5) is 3.74. The number of H-pyrrole nitrogens is 1. The molecule has 0 amide bonds. The minimum absolute atomic E-state index is 0.143. The van der Waals surface area contributed by atoms with Crippen LogP contribution >= 0.6 is 0 Å². The summed E-state index contributed by atoms with van der Waals surface area (Å²) >= 11 is 0. The highest BCUT2D eigenvalue weighted by Gasteiger charge is 2.06. The molecule has 1 heterocycles. The third-order valence-corrected chi connectivity index (χ3v) is 2.48. The van der Waals surface area contributed by atoms with Crippen LogP contribution in [0.2, 0.25) is 0 Å². The smallest absolute Gasteiger partial charge is 0.240 e. The topological polar surface area (TPSA) is 84.7 Å². The number of nitrogens with two attached hydrogens (primary N) is 1. The van der Waals surface area contributed by atoms with Gasteiger partial charge in [-0.15, -0.1) is 5.10 Å². The van der Waals surface area contributed by atoms with Crippen molar-refractivity contribution in [3.05, 3.63) is 0 Å². The van der Waals surface area contributed by atoms with E-state index in [2.05, 4.69) is 15.2 Å². The fraction of sp³-hybridized carbons (Fsp3) is 0.600. The molecule has 0 saturated carbocycles. The zero-order valence-corrected chi connectivity index (χ0v) is 7.02. The molecule has 62 valence electrons. The first-order valence-electron chi connectivity index (χ1n) is 3.30. The Balaban J connectivity index is 2.69. The van der Waals surface area contributed by atoms with Crippen LogP contribution in [0.25, 0.3) is 0 Å². The van der Waals surface area contributed by atoms with Gasteiger partial charge in [0.2, 0.25) is 11.1 Å². The standard InChI is InChI=1S/C5H10N4OS/c1-2-3-11(10)5-7-4(6)8-9-5/h2-3H2,1H3,(H3,6,7,8,9). The van der Waals surface area contributed by atoms with Crippen LogP contribution in [0, 0.1) is 0 Å². The first-order valence-corrected chi connectivity index (χ1v) is 4.62. The Labute approximate surface area is 66.9 Å². The quantitative estimate of drug-likeness (QED) is 0.670. The summed E-state index contributed by atoms with van der Waals surface area (Å²) in [6.45, 7) is 1.96. The molecule has 0 bridgehead atoms. The van der Waals surface area contributed by atoms with Crippen molar-refractivity contribution in [3.8, 4) is 0 Å². The van der Waals surface area contributed by atoms with Gasteiger partial charge in [0.15, 0.2) is 0 Å². The molecular weight excluding hydrogens is 164 g/mol. The van der Waals surface area contributed by atoms with Gasteiger partial charge < -0.3 is 5.73 Å². The van der Waals surface area contributed by atoms with Crippen molar-refractivity contribution in [1.82, 2.24) is 15.2 Å². The van der Waals surface area contributed by atoms with Crippen molar-refractivity contribution in [3.63, 3.8) is 0 Å². The molecule has 0 fully saturated rings. The molecule has 1 rings (SSSR count). The van der Waals surface area contributed by atoms with Crippen LogP contribution in [-0.4, -0.2) is 25.1 Å². The van der Waals surface area contributed by atoms with E-state index >= 15 is 0 Å². The molecule has 0 spiro atoms. The van der Waals surface area contributed by atoms with Crippen molar-refractivity contribution in [2.45, 2.75) is 18.5 Å². The summed E-state index contributed by atoms with van der Waals surface area (Å²) in [6.07, 6.45) is 0.854. The Morgan fingerprint density at radius 2 is 2.45 bits per heavy atom. The second-order valence-corrected chi connectivity index (χ2v) is 3.53. The predicted octanol–water partition coefficient (Wildman–Crippen LogP) is -0.0955. The maximum atomic E-state index is 11.2. The monoisotopic (exact) mass is 174 g/mol. The summed E-state index contributed by atoms with van der Waals surface area (Å²) in [5.41, 5.74) is 5.22. The average molecular weight is 174 g/mol. The lowest BCUT2D eigenvalue weighted by atomic mass is 10.6. The van der Waals surface area contributed by atoms with E-state index in [0.717, 1.165) is 6.42 Å². The summed E-state index contributed by atoms with van der Waals surface area (Å²) < 4.78 is 11.2. The fourth-order valence-corrected chi connectivity index (χ4v) is 1.55. The van der Waals surface area contributed by atoms with Crippen molar-refractivity contribution >= 4 is 16.7 Å². The van der Waals surface area contributed by atoms with E-state index in [9.17, 15) is 4.21 Å². The number of nitrogens with zero attached hydrogens (tertiary/aromatic N) is 2. The molecular formula is C5H10N4OS. The number of aromatic nitrogens is 3. The highest BCUT2D eigenvalue weighted by atomic mass is 32.2. The minimum atomic E-state index is -1.07. The van der Waals surface area contributed by atoms with Crippen molar-refractivity contribution in [1.29, 1.82) is 0 Å². The van der Waals surface area contributed by atoms with Gasteiger partial charge in [-0.1, -0.05) is 6.92 Å². The van der Waals surface area contributed by atoms with Gasteiger partial charge >= 0.3 is 0 Å². The molecule has 1 aromatic rings. The number of nitrogens with one attached hydrogen (secondary N) is 1. The van der Waals surface area contributed by atoms with Crippen LogP contribution in [0.5, 0.6) is 0 Å². The Morgan fingerprint density at radius 1 is 1.73 bits per heavy atom. The van der Waals surface area contributed by atoms with E-state index in [-0.39, 0.29) is 5.95 Å². The van der Waals surface area contributed by atoms with Gasteiger partial charge in [-0.2, -0.15) is 4.98 Å². The molecule has 11 heavy (non-hydrogen) atoms. The molecule has 0 aliphatic carbocycles. The van der Waals surface area contributed by atoms with E-state index in [4.69, 9.17) is 5.73 Å². The molecule has 5 nitrogen and oxygen atoms in total. The summed E-state index contributed by atoms with van der Waals surface area (Å²) in [5.74, 6) is 0.735. The van der Waals surface area contributed by atoms with Crippen molar-refractivity contribution < 1.29 is 4.21 Å². The lowest BCUT2D eigenvalue weighted by Crippen LogP contribution is -1.98. The van der Waals surface area contributed by atoms with Gasteiger partial charge in [-0.05, 0) is 6.42 Å². The molecule has 0 radical (unpaired) electrons. The van der Waals surface area contributed by atoms with E-state index < -0.39 is 10.8 Å². The van der Waals surface area contributed by atoms with Crippen LogP contribution in [0.15, 0.2) is 5.16 Å². The minimum Gasteiger partial charge on any atom is -0.366 e. The van der Waals surface area contributed by atoms with Gasteiger partial charge in [0.1, 0.15) is 0 Å². The maximum absolute atomic E-state index is 11.2. The molecule has 6 heteroatoms. The largest absolute Gasteiger partial charge is 0.366 e. The number of rotatable bonds is 3. The van der Waals surface area contributed by atoms with Crippen LogP contribution in [0.1, 0.15) is 13.3 Å². The maximum Gasteiger partial charge on any atom is 0.240 e. The Morgan fingerprint density at radius 3 is 2.91 bits per heavy atom. The van der Waals surface area contributed by atoms with Gasteiger partial charge in [0.25, 0.3) is 0 Å². The molecule has 0 saturated heterocycles. The van der Waals surface area contributed by atoms with Crippen molar-refractivity contribution in [2.75, 3.05) is 11.5 Å². The van der Waals surface area contributed by atoms with Crippen LogP contribution in [0.4, 0.5) is 5.95 Å². The Bertz CT molecular complexity index is 259. The highest BCUT2D eigenvalue weighted by molar-refractivity contribution is 7.84. The van der Waals surface area contributed by atoms with Crippen LogP contribution in [-0.2, 0) is 10.8 Å². The average Bonchev–Trinajstić information content (AvgIpc) is 2.36. The van der Waals surface area contributed by atoms with Gasteiger partial charge in [0.05, 0.1) is 10.8 Å². The molecule has 1 unspecified atom stereocenters. The first kappa shape index (κ1) is 8.19. The molecule has 1 aromatic heterocycles. The Hall–Kier alpha value is -0.910. The lowest BCUT2D eigenvalue weighted by Gasteiger charge is -1.91. The van der Waals surface area contributed by atoms with E-state index in [1.807, 2.05) is 6.92 Å². The third kappa shape index (κ3) is 2.01. The van der Waals surface area contributed by atoms with E-state index in [1.165, 1.54) is 0 Å². The lowest BCUT2D eigenvalue weighted by molar-refractivity contribution is 0.675. The fourth-order valence-electron chi connectivity index (χ4n) is 0.643. The zero-order valence-electron chi connectivity index (χ0n) is 6.20. The number of nitrogen functional groups attached to an aromatic ring is 1. The number of aromatic amines is 1. The Kier molecular flexibility index (Phi) is 2.58. The SMILES string of the molecule is CCCS(=O)c1nc(N)n[nH]1. The molecule has 0 aliphatic rings.